The Morgan fingerprint density at radius 1 is 1.37 bits per heavy atom. The summed E-state index contributed by atoms with van der Waals surface area (Å²) in [5.41, 5.74) is 5.87. The lowest BCUT2D eigenvalue weighted by molar-refractivity contribution is -0.134. The highest BCUT2D eigenvalue weighted by Gasteiger charge is 2.34. The average molecular weight is 291 g/mol. The zero-order valence-electron chi connectivity index (χ0n) is 12.0. The fourth-order valence-electron chi connectivity index (χ4n) is 2.89. The van der Waals surface area contributed by atoms with Crippen LogP contribution in [0.4, 0.5) is 0 Å². The van der Waals surface area contributed by atoms with Crippen LogP contribution in [0.15, 0.2) is 0 Å². The van der Waals surface area contributed by atoms with E-state index in [2.05, 4.69) is 13.8 Å². The second-order valence-electron chi connectivity index (χ2n) is 6.19. The molecule has 0 aromatic carbocycles. The van der Waals surface area contributed by atoms with Gasteiger partial charge in [0, 0.05) is 31.7 Å². The minimum Gasteiger partial charge on any atom is -0.376 e. The number of hydrogen-bond donors (Lipinski definition) is 1. The number of nitrogens with two attached hydrogens (primary N) is 1. The molecule has 2 fully saturated rings. The Morgan fingerprint density at radius 2 is 2.11 bits per heavy atom. The third-order valence-corrected chi connectivity index (χ3v) is 3.94. The van der Waals surface area contributed by atoms with Gasteiger partial charge < -0.3 is 15.4 Å². The molecule has 2 rings (SSSR count). The van der Waals surface area contributed by atoms with Crippen LogP contribution >= 0.6 is 12.4 Å². The van der Waals surface area contributed by atoms with Gasteiger partial charge in [-0.25, -0.2) is 0 Å². The van der Waals surface area contributed by atoms with Crippen LogP contribution in [0.2, 0.25) is 0 Å². The van der Waals surface area contributed by atoms with Gasteiger partial charge in [-0.15, -0.1) is 12.4 Å². The van der Waals surface area contributed by atoms with E-state index in [0.29, 0.717) is 11.8 Å². The molecule has 0 aromatic rings. The van der Waals surface area contributed by atoms with Gasteiger partial charge in [0.2, 0.25) is 5.91 Å². The lowest BCUT2D eigenvalue weighted by Crippen LogP contribution is -2.35. The van der Waals surface area contributed by atoms with Gasteiger partial charge >= 0.3 is 0 Å². The van der Waals surface area contributed by atoms with Crippen LogP contribution in [-0.4, -0.2) is 42.6 Å². The molecule has 3 unspecified atom stereocenters. The Kier molecular flexibility index (Phi) is 6.57. The van der Waals surface area contributed by atoms with Gasteiger partial charge in [-0.05, 0) is 31.6 Å². The summed E-state index contributed by atoms with van der Waals surface area (Å²) in [5, 5.41) is 0. The van der Waals surface area contributed by atoms with Crippen LogP contribution < -0.4 is 5.73 Å². The summed E-state index contributed by atoms with van der Waals surface area (Å²) in [6.45, 7) is 6.72. The molecule has 2 aliphatic rings. The first-order valence-electron chi connectivity index (χ1n) is 7.22. The maximum atomic E-state index is 12.3. The topological polar surface area (TPSA) is 55.6 Å². The minimum atomic E-state index is 0. The molecular formula is C14H27ClN2O2. The normalized spacial score (nSPS) is 30.7. The second kappa shape index (κ2) is 7.46. The monoisotopic (exact) mass is 290 g/mol. The van der Waals surface area contributed by atoms with Crippen molar-refractivity contribution in [3.63, 3.8) is 0 Å². The molecule has 19 heavy (non-hydrogen) atoms. The Bertz CT molecular complexity index is 299. The van der Waals surface area contributed by atoms with Crippen LogP contribution in [-0.2, 0) is 9.53 Å². The first-order valence-corrected chi connectivity index (χ1v) is 7.22. The molecule has 0 spiro atoms. The van der Waals surface area contributed by atoms with Gasteiger partial charge in [-0.2, -0.15) is 0 Å². The Balaban J connectivity index is 0.00000180. The van der Waals surface area contributed by atoms with E-state index in [4.69, 9.17) is 10.5 Å². The molecule has 112 valence electrons. The van der Waals surface area contributed by atoms with Gasteiger partial charge in [0.1, 0.15) is 0 Å². The van der Waals surface area contributed by atoms with E-state index >= 15 is 0 Å². The molecular weight excluding hydrogens is 264 g/mol. The summed E-state index contributed by atoms with van der Waals surface area (Å²) in [6.07, 6.45) is 4.06. The van der Waals surface area contributed by atoms with Crippen LogP contribution in [0.5, 0.6) is 0 Å². The van der Waals surface area contributed by atoms with Gasteiger partial charge in [0.15, 0.2) is 0 Å². The fourth-order valence-corrected chi connectivity index (χ4v) is 2.89. The third kappa shape index (κ3) is 4.62. The second-order valence-corrected chi connectivity index (χ2v) is 6.19. The number of likely N-dealkylation sites (tertiary alicyclic amines) is 1. The van der Waals surface area contributed by atoms with Crippen molar-refractivity contribution >= 4 is 18.3 Å². The van der Waals surface area contributed by atoms with E-state index < -0.39 is 0 Å². The zero-order chi connectivity index (χ0) is 13.1. The Hall–Kier alpha value is -0.320. The summed E-state index contributed by atoms with van der Waals surface area (Å²) < 4.78 is 5.81. The molecule has 1 aliphatic heterocycles. The lowest BCUT2D eigenvalue weighted by atomic mass is 10.1. The first-order chi connectivity index (χ1) is 8.56. The van der Waals surface area contributed by atoms with Gasteiger partial charge in [0.05, 0.1) is 6.10 Å². The number of amides is 1. The minimum absolute atomic E-state index is 0. The van der Waals surface area contributed by atoms with Crippen molar-refractivity contribution in [3.8, 4) is 0 Å². The third-order valence-electron chi connectivity index (χ3n) is 3.94. The molecule has 1 amide bonds. The average Bonchev–Trinajstić information content (AvgIpc) is 2.94. The summed E-state index contributed by atoms with van der Waals surface area (Å²) in [7, 11) is 0. The van der Waals surface area contributed by atoms with Crippen molar-refractivity contribution in [2.75, 3.05) is 19.7 Å². The van der Waals surface area contributed by atoms with Crippen molar-refractivity contribution in [2.45, 2.75) is 51.7 Å². The van der Waals surface area contributed by atoms with Crippen LogP contribution in [0.25, 0.3) is 0 Å². The fraction of sp³-hybridized carbons (Fsp3) is 0.929. The quantitative estimate of drug-likeness (QED) is 0.859. The number of rotatable bonds is 4. The summed E-state index contributed by atoms with van der Waals surface area (Å²) in [4.78, 5) is 14.3. The summed E-state index contributed by atoms with van der Waals surface area (Å²) in [5.74, 6) is 1.03. The smallest absolute Gasteiger partial charge is 0.225 e. The molecule has 1 saturated heterocycles. The van der Waals surface area contributed by atoms with Crippen LogP contribution in [0, 0.1) is 11.8 Å². The molecule has 0 radical (unpaired) electrons. The highest BCUT2D eigenvalue weighted by molar-refractivity contribution is 5.85. The molecule has 3 atom stereocenters. The maximum absolute atomic E-state index is 12.3. The van der Waals surface area contributed by atoms with Crippen LogP contribution in [0.3, 0.4) is 0 Å². The molecule has 4 nitrogen and oxygen atoms in total. The van der Waals surface area contributed by atoms with Crippen molar-refractivity contribution < 1.29 is 9.53 Å². The largest absolute Gasteiger partial charge is 0.376 e. The van der Waals surface area contributed by atoms with Crippen molar-refractivity contribution in [3.05, 3.63) is 0 Å². The van der Waals surface area contributed by atoms with Crippen molar-refractivity contribution in [1.29, 1.82) is 0 Å². The van der Waals surface area contributed by atoms with E-state index in [1.165, 1.54) is 0 Å². The van der Waals surface area contributed by atoms with Crippen LogP contribution in [0.1, 0.15) is 39.5 Å². The predicted molar refractivity (Wildman–Crippen MR) is 78.3 cm³/mol. The summed E-state index contributed by atoms with van der Waals surface area (Å²) >= 11 is 0. The molecule has 0 bridgehead atoms. The van der Waals surface area contributed by atoms with E-state index in [1.807, 2.05) is 4.90 Å². The number of ether oxygens (including phenoxy) is 1. The molecule has 2 N–H and O–H groups in total. The number of nitrogens with zero attached hydrogens (tertiary/aromatic N) is 1. The maximum Gasteiger partial charge on any atom is 0.225 e. The highest BCUT2D eigenvalue weighted by Crippen LogP contribution is 2.27. The van der Waals surface area contributed by atoms with Gasteiger partial charge in [-0.1, -0.05) is 13.8 Å². The number of carbonyl (C=O) groups excluding carboxylic acids is 1. The predicted octanol–water partition coefficient (Wildman–Crippen LogP) is 1.81. The van der Waals surface area contributed by atoms with Crippen molar-refractivity contribution in [2.24, 2.45) is 17.6 Å². The van der Waals surface area contributed by atoms with E-state index in [-0.39, 0.29) is 30.5 Å². The van der Waals surface area contributed by atoms with Gasteiger partial charge in [0.25, 0.3) is 0 Å². The van der Waals surface area contributed by atoms with E-state index in [0.717, 1.165) is 45.4 Å². The Morgan fingerprint density at radius 3 is 2.68 bits per heavy atom. The Labute approximate surface area is 122 Å². The highest BCUT2D eigenvalue weighted by atomic mass is 35.5. The molecule has 1 heterocycles. The molecule has 1 saturated carbocycles. The SMILES string of the molecule is CC(C)COC1CCN(C(=O)C2CCC(N)C2)C1.Cl. The van der Waals surface area contributed by atoms with Crippen molar-refractivity contribution in [1.82, 2.24) is 4.90 Å². The number of carbonyl (C=O) groups is 1. The van der Waals surface area contributed by atoms with E-state index in [9.17, 15) is 4.79 Å². The molecule has 1 aliphatic carbocycles. The number of hydrogen-bond acceptors (Lipinski definition) is 3. The lowest BCUT2D eigenvalue weighted by Gasteiger charge is -2.21. The first kappa shape index (κ1) is 16.7. The van der Waals surface area contributed by atoms with Gasteiger partial charge in [-0.3, -0.25) is 4.79 Å². The zero-order valence-corrected chi connectivity index (χ0v) is 12.8. The standard InChI is InChI=1S/C14H26N2O2.ClH/c1-10(2)9-18-13-5-6-16(8-13)14(17)11-3-4-12(15)7-11;/h10-13H,3-9,15H2,1-2H3;1H. The van der Waals surface area contributed by atoms with E-state index in [1.54, 1.807) is 0 Å². The molecule has 5 heteroatoms. The number of halogens is 1. The molecule has 0 aromatic heterocycles. The summed E-state index contributed by atoms with van der Waals surface area (Å²) in [6, 6.07) is 0.231.